The third kappa shape index (κ3) is 7.50. The predicted octanol–water partition coefficient (Wildman–Crippen LogP) is 5.83. The molecule has 2 aromatic carbocycles. The molecule has 0 spiro atoms. The van der Waals surface area contributed by atoms with Crippen LogP contribution >= 0.6 is 0 Å². The summed E-state index contributed by atoms with van der Waals surface area (Å²) in [6, 6.07) is 10.8. The van der Waals surface area contributed by atoms with Crippen molar-refractivity contribution in [1.29, 1.82) is 0 Å². The van der Waals surface area contributed by atoms with E-state index in [0.29, 0.717) is 29.1 Å². The molecule has 2 aliphatic rings. The Morgan fingerprint density at radius 1 is 0.756 bits per heavy atom. The van der Waals surface area contributed by atoms with Crippen molar-refractivity contribution in [2.24, 2.45) is 0 Å². The van der Waals surface area contributed by atoms with Crippen LogP contribution in [0.4, 0.5) is 42.4 Å². The number of carbonyl (C=O) groups excluding carboxylic acids is 2. The maximum absolute atomic E-state index is 12.9. The molecule has 0 atom stereocenters. The third-order valence-corrected chi connectivity index (χ3v) is 7.15. The molecular weight excluding hydrogens is 535 g/mol. The quantitative estimate of drug-likeness (QED) is 0.259. The molecule has 0 unspecified atom stereocenters. The molecule has 12 heteroatoms. The molecule has 2 aliphatic heterocycles. The maximum atomic E-state index is 12.9. The van der Waals surface area contributed by atoms with E-state index >= 15 is 0 Å². The minimum absolute atomic E-state index is 0.0256. The van der Waals surface area contributed by atoms with E-state index in [0.717, 1.165) is 64.0 Å². The Kier molecular flexibility index (Phi) is 8.65. The highest BCUT2D eigenvalue weighted by molar-refractivity contribution is 6.11. The summed E-state index contributed by atoms with van der Waals surface area (Å²) in [6.45, 7) is 3.62. The third-order valence-electron chi connectivity index (χ3n) is 7.15. The first-order chi connectivity index (χ1) is 19.7. The van der Waals surface area contributed by atoms with Crippen molar-refractivity contribution in [3.8, 4) is 0 Å². The lowest BCUT2D eigenvalue weighted by Crippen LogP contribution is -2.34. The Morgan fingerprint density at radius 3 is 1.90 bits per heavy atom. The van der Waals surface area contributed by atoms with E-state index in [9.17, 15) is 22.8 Å². The van der Waals surface area contributed by atoms with Gasteiger partial charge < -0.3 is 20.4 Å². The van der Waals surface area contributed by atoms with Gasteiger partial charge in [0.15, 0.2) is 5.78 Å². The van der Waals surface area contributed by atoms with Crippen molar-refractivity contribution >= 4 is 40.9 Å². The second-order valence-electron chi connectivity index (χ2n) is 10.3. The largest absolute Gasteiger partial charge is 0.416 e. The number of nitrogens with one attached hydrogen (secondary N) is 2. The summed E-state index contributed by atoms with van der Waals surface area (Å²) in [7, 11) is 0. The number of alkyl halides is 3. The predicted molar refractivity (Wildman–Crippen MR) is 151 cm³/mol. The van der Waals surface area contributed by atoms with Crippen LogP contribution in [0.3, 0.4) is 0 Å². The second-order valence-corrected chi connectivity index (χ2v) is 10.3. The van der Waals surface area contributed by atoms with E-state index in [1.54, 1.807) is 24.3 Å². The number of ketones is 1. The number of amides is 1. The molecule has 0 aliphatic carbocycles. The van der Waals surface area contributed by atoms with Gasteiger partial charge in [-0.25, -0.2) is 0 Å². The highest BCUT2D eigenvalue weighted by atomic mass is 19.4. The number of carbonyl (C=O) groups is 2. The summed E-state index contributed by atoms with van der Waals surface area (Å²) >= 11 is 0. The average molecular weight is 568 g/mol. The Morgan fingerprint density at radius 2 is 1.34 bits per heavy atom. The second kappa shape index (κ2) is 12.5. The number of nitrogens with zero attached hydrogens (tertiary/aromatic N) is 5. The fourth-order valence-corrected chi connectivity index (χ4v) is 4.98. The average Bonchev–Trinajstić information content (AvgIpc) is 2.98. The highest BCUT2D eigenvalue weighted by Gasteiger charge is 2.30. The number of aromatic nitrogens is 3. The summed E-state index contributed by atoms with van der Waals surface area (Å²) in [5.41, 5.74) is 0.0557. The smallest absolute Gasteiger partial charge is 0.341 e. The molecule has 2 saturated heterocycles. The molecule has 1 amide bonds. The van der Waals surface area contributed by atoms with E-state index in [1.165, 1.54) is 25.0 Å². The minimum Gasteiger partial charge on any atom is -0.341 e. The van der Waals surface area contributed by atoms with Gasteiger partial charge in [0.2, 0.25) is 23.8 Å². The Balaban J connectivity index is 1.24. The molecule has 2 fully saturated rings. The van der Waals surface area contributed by atoms with Crippen molar-refractivity contribution in [3.05, 3.63) is 59.7 Å². The Bertz CT molecular complexity index is 1330. The number of rotatable bonds is 8. The molecule has 41 heavy (non-hydrogen) atoms. The number of piperidine rings is 2. The molecule has 2 N–H and O–H groups in total. The van der Waals surface area contributed by atoms with Gasteiger partial charge in [0, 0.05) is 43.1 Å². The fourth-order valence-electron chi connectivity index (χ4n) is 4.98. The van der Waals surface area contributed by atoms with Gasteiger partial charge >= 0.3 is 6.18 Å². The molecule has 1 aromatic heterocycles. The highest BCUT2D eigenvalue weighted by Crippen LogP contribution is 2.31. The standard InChI is InChI=1S/C29H32F3N7O2/c30-29(31,32)21-8-7-9-23(18-21)33-25(41)19-24(40)20-10-12-22(13-11-20)34-26-35-27(38-14-3-1-4-15-38)37-28(36-26)39-16-5-2-6-17-39/h7-13,18H,1-6,14-17,19H2,(H,33,41)(H,34,35,36,37). The molecular formula is C29H32F3N7O2. The van der Waals surface area contributed by atoms with Crippen LogP contribution in [0.5, 0.6) is 0 Å². The van der Waals surface area contributed by atoms with Crippen LogP contribution in [-0.4, -0.2) is 52.8 Å². The molecule has 0 saturated carbocycles. The molecule has 9 nitrogen and oxygen atoms in total. The molecule has 0 bridgehead atoms. The fraction of sp³-hybridized carbons (Fsp3) is 0.414. The van der Waals surface area contributed by atoms with Crippen LogP contribution in [0.25, 0.3) is 0 Å². The normalized spacial score (nSPS) is 15.9. The van der Waals surface area contributed by atoms with Gasteiger partial charge in [-0.3, -0.25) is 9.59 Å². The topological polar surface area (TPSA) is 103 Å². The van der Waals surface area contributed by atoms with Gasteiger partial charge in [-0.15, -0.1) is 0 Å². The van der Waals surface area contributed by atoms with Crippen molar-refractivity contribution in [2.75, 3.05) is 46.6 Å². The van der Waals surface area contributed by atoms with Gasteiger partial charge in [0.05, 0.1) is 12.0 Å². The van der Waals surface area contributed by atoms with Gasteiger partial charge in [-0.1, -0.05) is 6.07 Å². The molecule has 3 heterocycles. The molecule has 0 radical (unpaired) electrons. The summed E-state index contributed by atoms with van der Waals surface area (Å²) in [4.78, 5) is 43.5. The number of anilines is 5. The summed E-state index contributed by atoms with van der Waals surface area (Å²) in [5.74, 6) is 0.571. The van der Waals surface area contributed by atoms with Gasteiger partial charge in [-0.05, 0) is 81.0 Å². The van der Waals surface area contributed by atoms with Gasteiger partial charge in [0.1, 0.15) is 0 Å². The van der Waals surface area contributed by atoms with Crippen LogP contribution in [0, 0.1) is 0 Å². The van der Waals surface area contributed by atoms with Crippen LogP contribution in [-0.2, 0) is 11.0 Å². The lowest BCUT2D eigenvalue weighted by Gasteiger charge is -2.30. The number of benzene rings is 2. The van der Waals surface area contributed by atoms with E-state index in [1.807, 2.05) is 0 Å². The van der Waals surface area contributed by atoms with Crippen LogP contribution < -0.4 is 20.4 Å². The summed E-state index contributed by atoms with van der Waals surface area (Å²) < 4.78 is 38.8. The number of Topliss-reactive ketones (excluding diaryl/α,β-unsaturated/α-hetero) is 1. The lowest BCUT2D eigenvalue weighted by molar-refractivity contribution is -0.137. The zero-order valence-electron chi connectivity index (χ0n) is 22.6. The van der Waals surface area contributed by atoms with Crippen LogP contribution in [0.2, 0.25) is 0 Å². The van der Waals surface area contributed by atoms with Crippen molar-refractivity contribution in [1.82, 2.24) is 15.0 Å². The lowest BCUT2D eigenvalue weighted by atomic mass is 10.1. The van der Waals surface area contributed by atoms with Gasteiger partial charge in [0.25, 0.3) is 0 Å². The SMILES string of the molecule is O=C(CC(=O)c1ccc(Nc2nc(N3CCCCC3)nc(N3CCCCC3)n2)cc1)Nc1cccc(C(F)(F)F)c1. The molecule has 216 valence electrons. The van der Waals surface area contributed by atoms with Gasteiger partial charge in [-0.2, -0.15) is 28.1 Å². The molecule has 5 rings (SSSR count). The first kappa shape index (κ1) is 28.3. The van der Waals surface area contributed by atoms with E-state index in [-0.39, 0.29) is 5.69 Å². The van der Waals surface area contributed by atoms with Crippen molar-refractivity contribution in [2.45, 2.75) is 51.1 Å². The maximum Gasteiger partial charge on any atom is 0.416 e. The summed E-state index contributed by atoms with van der Waals surface area (Å²) in [6.07, 6.45) is 1.75. The van der Waals surface area contributed by atoms with Crippen molar-refractivity contribution in [3.63, 3.8) is 0 Å². The Labute approximate surface area is 236 Å². The summed E-state index contributed by atoms with van der Waals surface area (Å²) in [5, 5.41) is 5.58. The molecule has 3 aromatic rings. The number of hydrogen-bond acceptors (Lipinski definition) is 8. The van der Waals surface area contributed by atoms with E-state index in [4.69, 9.17) is 4.98 Å². The monoisotopic (exact) mass is 567 g/mol. The zero-order chi connectivity index (χ0) is 28.8. The van der Waals surface area contributed by atoms with E-state index < -0.39 is 29.9 Å². The first-order valence-electron chi connectivity index (χ1n) is 13.9. The minimum atomic E-state index is -4.53. The van der Waals surface area contributed by atoms with Crippen molar-refractivity contribution < 1.29 is 22.8 Å². The number of hydrogen-bond donors (Lipinski definition) is 2. The Hall–Kier alpha value is -4.22. The van der Waals surface area contributed by atoms with E-state index in [2.05, 4.69) is 30.4 Å². The zero-order valence-corrected chi connectivity index (χ0v) is 22.6. The first-order valence-corrected chi connectivity index (χ1v) is 13.9. The number of halogens is 3. The van der Waals surface area contributed by atoms with Crippen LogP contribution in [0.1, 0.15) is 60.9 Å². The van der Waals surface area contributed by atoms with Crippen LogP contribution in [0.15, 0.2) is 48.5 Å².